The molecule has 30 heavy (non-hydrogen) atoms. The highest BCUT2D eigenvalue weighted by Crippen LogP contribution is 2.08. The van der Waals surface area contributed by atoms with Gasteiger partial charge < -0.3 is 4.74 Å². The van der Waals surface area contributed by atoms with Gasteiger partial charge >= 0.3 is 5.97 Å². The number of esters is 1. The lowest BCUT2D eigenvalue weighted by Gasteiger charge is -2.05. The summed E-state index contributed by atoms with van der Waals surface area (Å²) < 4.78 is 5.29. The fourth-order valence-corrected chi connectivity index (χ4v) is 3.01. The topological polar surface area (TPSA) is 26.3 Å². The average molecular weight is 417 g/mol. The molecule has 0 aromatic rings. The second-order valence-corrected chi connectivity index (χ2v) is 8.44. The van der Waals surface area contributed by atoms with Gasteiger partial charge in [0.1, 0.15) is 0 Å². The summed E-state index contributed by atoms with van der Waals surface area (Å²) in [6.07, 6.45) is 33.0. The fraction of sp³-hybridized carbons (Fsp3) is 0.679. The first-order valence-electron chi connectivity index (χ1n) is 12.4. The van der Waals surface area contributed by atoms with Crippen LogP contribution in [0.2, 0.25) is 0 Å². The van der Waals surface area contributed by atoms with Crippen LogP contribution in [0.1, 0.15) is 111 Å². The first-order chi connectivity index (χ1) is 14.7. The maximum Gasteiger partial charge on any atom is 0.305 e. The maximum absolute atomic E-state index is 11.7. The van der Waals surface area contributed by atoms with E-state index < -0.39 is 0 Å². The first-order valence-corrected chi connectivity index (χ1v) is 12.4. The predicted molar refractivity (Wildman–Crippen MR) is 133 cm³/mol. The SMILES string of the molecule is CCCCCC=CCC=CCC=CCC=CCCCC(=O)OCCCCCC(C)C. The van der Waals surface area contributed by atoms with Crippen LogP contribution in [0.3, 0.4) is 0 Å². The van der Waals surface area contributed by atoms with Gasteiger partial charge in [-0.05, 0) is 57.3 Å². The van der Waals surface area contributed by atoms with Crippen molar-refractivity contribution in [1.82, 2.24) is 0 Å². The number of allylic oxidation sites excluding steroid dienone is 8. The summed E-state index contributed by atoms with van der Waals surface area (Å²) in [5, 5.41) is 0. The zero-order valence-corrected chi connectivity index (χ0v) is 20.1. The molecular formula is C28H48O2. The highest BCUT2D eigenvalue weighted by Gasteiger charge is 2.01. The zero-order chi connectivity index (χ0) is 22.1. The molecular weight excluding hydrogens is 368 g/mol. The second-order valence-electron chi connectivity index (χ2n) is 8.44. The van der Waals surface area contributed by atoms with Crippen molar-refractivity contribution in [3.05, 3.63) is 48.6 Å². The molecule has 0 bridgehead atoms. The summed E-state index contributed by atoms with van der Waals surface area (Å²) >= 11 is 0. The van der Waals surface area contributed by atoms with Crippen LogP contribution in [-0.2, 0) is 9.53 Å². The van der Waals surface area contributed by atoms with Crippen LogP contribution >= 0.6 is 0 Å². The summed E-state index contributed by atoms with van der Waals surface area (Å²) in [5.41, 5.74) is 0. The van der Waals surface area contributed by atoms with Crippen LogP contribution in [0.25, 0.3) is 0 Å². The molecule has 0 rings (SSSR count). The van der Waals surface area contributed by atoms with Crippen molar-refractivity contribution in [3.63, 3.8) is 0 Å². The Morgan fingerprint density at radius 2 is 1.27 bits per heavy atom. The molecule has 0 saturated carbocycles. The number of rotatable bonds is 20. The van der Waals surface area contributed by atoms with E-state index in [9.17, 15) is 4.79 Å². The molecule has 0 atom stereocenters. The van der Waals surface area contributed by atoms with Crippen molar-refractivity contribution in [1.29, 1.82) is 0 Å². The Bertz CT molecular complexity index is 483. The molecule has 2 nitrogen and oxygen atoms in total. The number of carbonyl (C=O) groups excluding carboxylic acids is 1. The van der Waals surface area contributed by atoms with E-state index in [0.29, 0.717) is 13.0 Å². The van der Waals surface area contributed by atoms with Gasteiger partial charge in [0, 0.05) is 6.42 Å². The largest absolute Gasteiger partial charge is 0.466 e. The molecule has 0 aliphatic rings. The van der Waals surface area contributed by atoms with Gasteiger partial charge in [-0.15, -0.1) is 0 Å². The third-order valence-electron chi connectivity index (χ3n) is 4.90. The Labute approximate surface area is 187 Å². The second kappa shape index (κ2) is 23.7. The van der Waals surface area contributed by atoms with E-state index in [0.717, 1.165) is 50.9 Å². The normalized spacial score (nSPS) is 12.4. The molecule has 2 heteroatoms. The van der Waals surface area contributed by atoms with E-state index in [4.69, 9.17) is 4.74 Å². The van der Waals surface area contributed by atoms with Gasteiger partial charge in [0.05, 0.1) is 6.61 Å². The van der Waals surface area contributed by atoms with Crippen molar-refractivity contribution in [2.45, 2.75) is 111 Å². The number of hydrogen-bond acceptors (Lipinski definition) is 2. The molecule has 0 amide bonds. The number of ether oxygens (including phenoxy) is 1. The van der Waals surface area contributed by atoms with Crippen molar-refractivity contribution < 1.29 is 9.53 Å². The highest BCUT2D eigenvalue weighted by atomic mass is 16.5. The Kier molecular flexibility index (Phi) is 22.5. The molecule has 0 fully saturated rings. The molecule has 0 radical (unpaired) electrons. The van der Waals surface area contributed by atoms with Crippen molar-refractivity contribution in [3.8, 4) is 0 Å². The van der Waals surface area contributed by atoms with Crippen molar-refractivity contribution >= 4 is 5.97 Å². The van der Waals surface area contributed by atoms with Crippen LogP contribution in [0.15, 0.2) is 48.6 Å². The van der Waals surface area contributed by atoms with E-state index >= 15 is 0 Å². The van der Waals surface area contributed by atoms with Crippen molar-refractivity contribution in [2.75, 3.05) is 6.61 Å². The monoisotopic (exact) mass is 416 g/mol. The Hall–Kier alpha value is -1.57. The van der Waals surface area contributed by atoms with Crippen LogP contribution in [0.5, 0.6) is 0 Å². The molecule has 0 aliphatic heterocycles. The minimum Gasteiger partial charge on any atom is -0.466 e. The Balaban J connectivity index is 3.45. The van der Waals surface area contributed by atoms with E-state index in [-0.39, 0.29) is 5.97 Å². The van der Waals surface area contributed by atoms with Crippen LogP contribution < -0.4 is 0 Å². The standard InChI is InChI=1S/C28H48O2/c1-4-5-6-7-8-9-10-11-12-13-14-15-16-17-18-19-22-25-28(29)30-26-23-20-21-24-27(2)3/h8-9,11-12,14-15,17-18,27H,4-7,10,13,16,19-26H2,1-3H3. The summed E-state index contributed by atoms with van der Waals surface area (Å²) in [6, 6.07) is 0. The van der Waals surface area contributed by atoms with Crippen LogP contribution in [0, 0.1) is 5.92 Å². The summed E-state index contributed by atoms with van der Waals surface area (Å²) in [6.45, 7) is 7.32. The molecule has 0 spiro atoms. The molecule has 0 aliphatic carbocycles. The van der Waals surface area contributed by atoms with Crippen molar-refractivity contribution in [2.24, 2.45) is 5.92 Å². The third-order valence-corrected chi connectivity index (χ3v) is 4.90. The fourth-order valence-electron chi connectivity index (χ4n) is 3.01. The highest BCUT2D eigenvalue weighted by molar-refractivity contribution is 5.69. The van der Waals surface area contributed by atoms with Crippen LogP contribution in [-0.4, -0.2) is 12.6 Å². The minimum atomic E-state index is -0.0465. The lowest BCUT2D eigenvalue weighted by atomic mass is 10.1. The summed E-state index contributed by atoms with van der Waals surface area (Å²) in [7, 11) is 0. The van der Waals surface area contributed by atoms with Gasteiger partial charge in [0.2, 0.25) is 0 Å². The Morgan fingerprint density at radius 3 is 1.83 bits per heavy atom. The minimum absolute atomic E-state index is 0.0465. The van der Waals surface area contributed by atoms with E-state index in [1.807, 2.05) is 0 Å². The van der Waals surface area contributed by atoms with Gasteiger partial charge in [-0.1, -0.05) is 101 Å². The molecule has 0 unspecified atom stereocenters. The van der Waals surface area contributed by atoms with Gasteiger partial charge in [0.15, 0.2) is 0 Å². The number of carbonyl (C=O) groups is 1. The van der Waals surface area contributed by atoms with Gasteiger partial charge in [-0.25, -0.2) is 0 Å². The molecule has 0 aromatic carbocycles. The molecule has 0 saturated heterocycles. The lowest BCUT2D eigenvalue weighted by Crippen LogP contribution is -2.05. The molecule has 0 aromatic heterocycles. The van der Waals surface area contributed by atoms with Gasteiger partial charge in [-0.3, -0.25) is 4.79 Å². The molecule has 0 N–H and O–H groups in total. The summed E-state index contributed by atoms with van der Waals surface area (Å²) in [4.78, 5) is 11.7. The first kappa shape index (κ1) is 28.4. The molecule has 0 heterocycles. The Morgan fingerprint density at radius 1 is 0.700 bits per heavy atom. The lowest BCUT2D eigenvalue weighted by molar-refractivity contribution is -0.143. The number of unbranched alkanes of at least 4 members (excludes halogenated alkanes) is 6. The van der Waals surface area contributed by atoms with Gasteiger partial charge in [-0.2, -0.15) is 0 Å². The zero-order valence-electron chi connectivity index (χ0n) is 20.1. The quantitative estimate of drug-likeness (QED) is 0.112. The number of hydrogen-bond donors (Lipinski definition) is 0. The van der Waals surface area contributed by atoms with Crippen LogP contribution in [0.4, 0.5) is 0 Å². The summed E-state index contributed by atoms with van der Waals surface area (Å²) in [5.74, 6) is 0.722. The average Bonchev–Trinajstić information content (AvgIpc) is 2.72. The van der Waals surface area contributed by atoms with E-state index in [1.165, 1.54) is 38.5 Å². The van der Waals surface area contributed by atoms with E-state index in [2.05, 4.69) is 69.4 Å². The van der Waals surface area contributed by atoms with Gasteiger partial charge in [0.25, 0.3) is 0 Å². The predicted octanol–water partition coefficient (Wildman–Crippen LogP) is 8.89. The molecule has 172 valence electrons. The third kappa shape index (κ3) is 24.5. The smallest absolute Gasteiger partial charge is 0.305 e. The van der Waals surface area contributed by atoms with E-state index in [1.54, 1.807) is 0 Å². The maximum atomic E-state index is 11.7.